The van der Waals surface area contributed by atoms with Crippen LogP contribution in [-0.4, -0.2) is 49.9 Å². The van der Waals surface area contributed by atoms with Crippen LogP contribution in [-0.2, 0) is 20.6 Å². The van der Waals surface area contributed by atoms with Crippen LogP contribution in [0.25, 0.3) is 0 Å². The van der Waals surface area contributed by atoms with Crippen LogP contribution in [0.4, 0.5) is 0 Å². The first-order valence-corrected chi connectivity index (χ1v) is 7.38. The summed E-state index contributed by atoms with van der Waals surface area (Å²) in [5, 5.41) is 9.55. The van der Waals surface area contributed by atoms with Gasteiger partial charge in [-0.05, 0) is 30.2 Å². The van der Waals surface area contributed by atoms with Crippen LogP contribution in [0.5, 0.6) is 5.75 Å². The number of ether oxygens (including phenoxy) is 3. The average molecular weight is 304 g/mol. The van der Waals surface area contributed by atoms with Crippen molar-refractivity contribution in [1.82, 2.24) is 0 Å². The first-order valence-electron chi connectivity index (χ1n) is 7.38. The van der Waals surface area contributed by atoms with Gasteiger partial charge in [-0.15, -0.1) is 0 Å². The van der Waals surface area contributed by atoms with Crippen molar-refractivity contribution < 1.29 is 19.3 Å². The van der Waals surface area contributed by atoms with Crippen molar-refractivity contribution in [1.29, 1.82) is 0 Å². The van der Waals surface area contributed by atoms with Crippen LogP contribution in [0.15, 0.2) is 35.2 Å². The zero-order chi connectivity index (χ0) is 15.4. The van der Waals surface area contributed by atoms with E-state index in [1.54, 1.807) is 18.2 Å². The molecule has 2 heterocycles. The second-order valence-electron chi connectivity index (χ2n) is 5.28. The van der Waals surface area contributed by atoms with Crippen LogP contribution >= 0.6 is 0 Å². The summed E-state index contributed by atoms with van der Waals surface area (Å²) in [5.41, 5.74) is 8.75. The van der Waals surface area contributed by atoms with E-state index in [4.69, 9.17) is 19.9 Å². The van der Waals surface area contributed by atoms with Gasteiger partial charge in [0.1, 0.15) is 18.5 Å². The summed E-state index contributed by atoms with van der Waals surface area (Å²) in [5.74, 6) is 0.566. The minimum atomic E-state index is -0.0850. The highest BCUT2D eigenvalue weighted by Gasteiger charge is 2.16. The Kier molecular flexibility index (Phi) is 4.60. The van der Waals surface area contributed by atoms with Gasteiger partial charge in [0.25, 0.3) is 0 Å². The number of nitrogens with two attached hydrogens (primary N) is 1. The molecule has 1 saturated heterocycles. The maximum atomic E-state index is 9.55. The Balaban J connectivity index is 1.65. The van der Waals surface area contributed by atoms with Crippen LogP contribution in [0.2, 0.25) is 0 Å². The summed E-state index contributed by atoms with van der Waals surface area (Å²) >= 11 is 0. The molecule has 1 unspecified atom stereocenters. The SMILES string of the molecule is N/C(=C\C1=NCCc2cc(O)ccc21)OCC1COCCO1. The van der Waals surface area contributed by atoms with E-state index in [-0.39, 0.29) is 11.9 Å². The van der Waals surface area contributed by atoms with Gasteiger partial charge in [-0.1, -0.05) is 0 Å². The Morgan fingerprint density at radius 2 is 2.36 bits per heavy atom. The van der Waals surface area contributed by atoms with E-state index in [1.165, 1.54) is 0 Å². The summed E-state index contributed by atoms with van der Waals surface area (Å²) in [7, 11) is 0. The monoisotopic (exact) mass is 304 g/mol. The Hall–Kier alpha value is -2.05. The standard InChI is InChI=1S/C16H20N2O4/c17-16(22-10-13-9-20-5-6-21-13)8-15-14-2-1-12(19)7-11(14)3-4-18-15/h1-2,7-8,13,19H,3-6,9-10,17H2/b16-8+. The molecule has 1 fully saturated rings. The number of aromatic hydroxyl groups is 1. The fraction of sp³-hybridized carbons (Fsp3) is 0.438. The van der Waals surface area contributed by atoms with Crippen molar-refractivity contribution in [3.05, 3.63) is 41.3 Å². The molecule has 0 saturated carbocycles. The minimum absolute atomic E-state index is 0.0850. The highest BCUT2D eigenvalue weighted by atomic mass is 16.6. The van der Waals surface area contributed by atoms with Gasteiger partial charge < -0.3 is 25.1 Å². The van der Waals surface area contributed by atoms with E-state index in [9.17, 15) is 5.11 Å². The van der Waals surface area contributed by atoms with Crippen molar-refractivity contribution in [3.8, 4) is 5.75 Å². The summed E-state index contributed by atoms with van der Waals surface area (Å²) in [6.07, 6.45) is 2.45. The minimum Gasteiger partial charge on any atom is -0.508 e. The summed E-state index contributed by atoms with van der Waals surface area (Å²) < 4.78 is 16.3. The molecule has 0 bridgehead atoms. The van der Waals surface area contributed by atoms with E-state index in [2.05, 4.69) is 4.99 Å². The lowest BCUT2D eigenvalue weighted by Gasteiger charge is -2.23. The lowest BCUT2D eigenvalue weighted by molar-refractivity contribution is -0.108. The van der Waals surface area contributed by atoms with Gasteiger partial charge in [0.05, 0.1) is 25.5 Å². The Labute approximate surface area is 129 Å². The third-order valence-corrected chi connectivity index (χ3v) is 3.63. The lowest BCUT2D eigenvalue weighted by atomic mass is 9.97. The van der Waals surface area contributed by atoms with Gasteiger partial charge in [-0.3, -0.25) is 4.99 Å². The molecule has 1 atom stereocenters. The number of hydrogen-bond donors (Lipinski definition) is 2. The molecule has 2 aliphatic rings. The summed E-state index contributed by atoms with van der Waals surface area (Å²) in [4.78, 5) is 4.48. The number of hydrogen-bond acceptors (Lipinski definition) is 6. The molecule has 0 aliphatic carbocycles. The number of fused-ring (bicyclic) bond motifs is 1. The predicted molar refractivity (Wildman–Crippen MR) is 82.0 cm³/mol. The molecule has 0 aromatic heterocycles. The molecule has 3 N–H and O–H groups in total. The van der Waals surface area contributed by atoms with E-state index in [0.717, 1.165) is 23.3 Å². The lowest BCUT2D eigenvalue weighted by Crippen LogP contribution is -2.32. The fourth-order valence-electron chi connectivity index (χ4n) is 2.54. The maximum Gasteiger partial charge on any atom is 0.186 e. The largest absolute Gasteiger partial charge is 0.508 e. The van der Waals surface area contributed by atoms with E-state index < -0.39 is 0 Å². The fourth-order valence-corrected chi connectivity index (χ4v) is 2.54. The number of benzene rings is 1. The van der Waals surface area contributed by atoms with Gasteiger partial charge in [-0.25, -0.2) is 0 Å². The molecule has 22 heavy (non-hydrogen) atoms. The maximum absolute atomic E-state index is 9.55. The smallest absolute Gasteiger partial charge is 0.186 e. The molecule has 6 heteroatoms. The average Bonchev–Trinajstić information content (AvgIpc) is 2.54. The van der Waals surface area contributed by atoms with Crippen LogP contribution in [0.1, 0.15) is 11.1 Å². The number of phenolic OH excluding ortho intramolecular Hbond substituents is 1. The third-order valence-electron chi connectivity index (χ3n) is 3.63. The Morgan fingerprint density at radius 3 is 3.18 bits per heavy atom. The second-order valence-corrected chi connectivity index (χ2v) is 5.28. The first kappa shape index (κ1) is 14.9. The molecule has 1 aromatic carbocycles. The van der Waals surface area contributed by atoms with Gasteiger partial charge in [0.15, 0.2) is 5.88 Å². The molecule has 2 aliphatic heterocycles. The van der Waals surface area contributed by atoms with E-state index in [1.807, 2.05) is 6.07 Å². The van der Waals surface area contributed by atoms with Crippen molar-refractivity contribution in [3.63, 3.8) is 0 Å². The summed E-state index contributed by atoms with van der Waals surface area (Å²) in [6, 6.07) is 5.27. The molecule has 3 rings (SSSR count). The number of allylic oxidation sites excluding steroid dienone is 1. The normalized spacial score (nSPS) is 21.9. The number of phenols is 1. The van der Waals surface area contributed by atoms with Crippen molar-refractivity contribution in [2.45, 2.75) is 12.5 Å². The van der Waals surface area contributed by atoms with Crippen LogP contribution in [0, 0.1) is 0 Å². The quantitative estimate of drug-likeness (QED) is 0.810. The highest BCUT2D eigenvalue weighted by molar-refractivity contribution is 6.10. The van der Waals surface area contributed by atoms with Gasteiger partial charge >= 0.3 is 0 Å². The summed E-state index contributed by atoms with van der Waals surface area (Å²) in [6.45, 7) is 2.77. The van der Waals surface area contributed by atoms with Gasteiger partial charge in [0.2, 0.25) is 0 Å². The molecule has 0 amide bonds. The van der Waals surface area contributed by atoms with E-state index in [0.29, 0.717) is 38.9 Å². The molecule has 1 aromatic rings. The Morgan fingerprint density at radius 1 is 1.45 bits per heavy atom. The van der Waals surface area contributed by atoms with Gasteiger partial charge in [0, 0.05) is 18.2 Å². The third kappa shape index (κ3) is 3.58. The molecule has 6 nitrogen and oxygen atoms in total. The van der Waals surface area contributed by atoms with Crippen molar-refractivity contribution >= 4 is 5.71 Å². The van der Waals surface area contributed by atoms with Crippen molar-refractivity contribution in [2.75, 3.05) is 33.0 Å². The van der Waals surface area contributed by atoms with E-state index >= 15 is 0 Å². The highest BCUT2D eigenvalue weighted by Crippen LogP contribution is 2.22. The zero-order valence-electron chi connectivity index (χ0n) is 12.3. The number of nitrogens with zero attached hydrogens (tertiary/aromatic N) is 1. The molecular formula is C16H20N2O4. The second kappa shape index (κ2) is 6.81. The topological polar surface area (TPSA) is 86.3 Å². The molecule has 118 valence electrons. The molecule has 0 radical (unpaired) electrons. The first-order chi connectivity index (χ1) is 10.7. The molecule has 0 spiro atoms. The van der Waals surface area contributed by atoms with Crippen molar-refractivity contribution in [2.24, 2.45) is 10.7 Å². The van der Waals surface area contributed by atoms with Crippen LogP contribution in [0.3, 0.4) is 0 Å². The predicted octanol–water partition coefficient (Wildman–Crippen LogP) is 0.969. The van der Waals surface area contributed by atoms with Gasteiger partial charge in [-0.2, -0.15) is 0 Å². The Bertz CT molecular complexity index is 592. The number of rotatable bonds is 4. The molecular weight excluding hydrogens is 284 g/mol. The number of aliphatic imine (C=N–C) groups is 1. The van der Waals surface area contributed by atoms with Crippen LogP contribution < -0.4 is 5.73 Å². The zero-order valence-corrected chi connectivity index (χ0v) is 12.3.